The number of sulfonamides is 1. The normalized spacial score (nSPS) is 18.4. The predicted octanol–water partition coefficient (Wildman–Crippen LogP) is 2.79. The van der Waals surface area contributed by atoms with E-state index < -0.39 is 10.0 Å². The summed E-state index contributed by atoms with van der Waals surface area (Å²) in [5, 5.41) is 0.267. The summed E-state index contributed by atoms with van der Waals surface area (Å²) >= 11 is 11.9. The molecule has 1 aromatic carbocycles. The Morgan fingerprint density at radius 1 is 1.30 bits per heavy atom. The molecule has 1 unspecified atom stereocenters. The average molecular weight is 337 g/mol. The van der Waals surface area contributed by atoms with Crippen molar-refractivity contribution in [1.82, 2.24) is 4.72 Å². The van der Waals surface area contributed by atoms with Crippen LogP contribution < -0.4 is 10.5 Å². The van der Waals surface area contributed by atoms with Gasteiger partial charge in [-0.3, -0.25) is 0 Å². The van der Waals surface area contributed by atoms with Gasteiger partial charge in [0.05, 0.1) is 10.0 Å². The van der Waals surface area contributed by atoms with Crippen LogP contribution in [0.1, 0.15) is 25.7 Å². The van der Waals surface area contributed by atoms with Crippen LogP contribution in [0.25, 0.3) is 0 Å². The minimum absolute atomic E-state index is 0.00288. The summed E-state index contributed by atoms with van der Waals surface area (Å²) in [6, 6.07) is 4.31. The minimum Gasteiger partial charge on any atom is -0.329 e. The van der Waals surface area contributed by atoms with Crippen molar-refractivity contribution in [3.63, 3.8) is 0 Å². The second-order valence-electron chi connectivity index (χ2n) is 5.06. The zero-order chi connectivity index (χ0) is 14.8. The molecule has 0 aromatic heterocycles. The monoisotopic (exact) mass is 336 g/mol. The van der Waals surface area contributed by atoms with Gasteiger partial charge < -0.3 is 5.73 Å². The van der Waals surface area contributed by atoms with Crippen molar-refractivity contribution in [2.24, 2.45) is 11.7 Å². The van der Waals surface area contributed by atoms with E-state index in [0.717, 1.165) is 25.7 Å². The third-order valence-electron chi connectivity index (χ3n) is 3.74. The molecule has 20 heavy (non-hydrogen) atoms. The first kappa shape index (κ1) is 16.0. The number of rotatable bonds is 5. The molecule has 1 saturated carbocycles. The number of nitrogens with one attached hydrogen (secondary N) is 1. The van der Waals surface area contributed by atoms with Crippen molar-refractivity contribution in [2.45, 2.75) is 36.6 Å². The zero-order valence-corrected chi connectivity index (χ0v) is 13.3. The maximum absolute atomic E-state index is 12.4. The maximum atomic E-state index is 12.4. The smallest absolute Gasteiger partial charge is 0.242 e. The number of nitrogens with two attached hydrogens (primary N) is 1. The maximum Gasteiger partial charge on any atom is 0.242 e. The van der Waals surface area contributed by atoms with Gasteiger partial charge in [0.1, 0.15) is 4.90 Å². The Hall–Kier alpha value is -0.330. The van der Waals surface area contributed by atoms with E-state index in [4.69, 9.17) is 28.9 Å². The van der Waals surface area contributed by atoms with Gasteiger partial charge in [-0.2, -0.15) is 0 Å². The highest BCUT2D eigenvalue weighted by Crippen LogP contribution is 2.31. The molecule has 4 nitrogen and oxygen atoms in total. The van der Waals surface area contributed by atoms with E-state index in [1.807, 2.05) is 0 Å². The van der Waals surface area contributed by atoms with E-state index >= 15 is 0 Å². The summed E-state index contributed by atoms with van der Waals surface area (Å²) in [5.74, 6) is 0.299. The van der Waals surface area contributed by atoms with Gasteiger partial charge in [-0.1, -0.05) is 42.1 Å². The van der Waals surface area contributed by atoms with Gasteiger partial charge in [-0.15, -0.1) is 0 Å². The average Bonchev–Trinajstić information content (AvgIpc) is 2.93. The summed E-state index contributed by atoms with van der Waals surface area (Å²) in [6.07, 6.45) is 4.27. The molecule has 1 aliphatic carbocycles. The topological polar surface area (TPSA) is 72.2 Å². The fourth-order valence-corrected chi connectivity index (χ4v) is 4.73. The van der Waals surface area contributed by atoms with E-state index in [1.54, 1.807) is 12.1 Å². The van der Waals surface area contributed by atoms with Crippen molar-refractivity contribution in [1.29, 1.82) is 0 Å². The van der Waals surface area contributed by atoms with Crippen molar-refractivity contribution in [2.75, 3.05) is 6.54 Å². The van der Waals surface area contributed by atoms with E-state index in [-0.39, 0.29) is 27.5 Å². The van der Waals surface area contributed by atoms with Crippen LogP contribution in [0.15, 0.2) is 23.1 Å². The number of benzene rings is 1. The molecule has 1 atom stereocenters. The lowest BCUT2D eigenvalue weighted by Crippen LogP contribution is -2.44. The summed E-state index contributed by atoms with van der Waals surface area (Å²) < 4.78 is 27.5. The molecule has 0 radical (unpaired) electrons. The zero-order valence-electron chi connectivity index (χ0n) is 11.0. The van der Waals surface area contributed by atoms with Crippen molar-refractivity contribution < 1.29 is 8.42 Å². The van der Waals surface area contributed by atoms with Crippen LogP contribution in [0, 0.1) is 5.92 Å². The molecule has 0 heterocycles. The van der Waals surface area contributed by atoms with Gasteiger partial charge in [0.15, 0.2) is 0 Å². The van der Waals surface area contributed by atoms with Gasteiger partial charge >= 0.3 is 0 Å². The third-order valence-corrected chi connectivity index (χ3v) is 6.20. The Morgan fingerprint density at radius 3 is 2.55 bits per heavy atom. The molecule has 0 aliphatic heterocycles. The van der Waals surface area contributed by atoms with E-state index in [0.29, 0.717) is 5.92 Å². The fourth-order valence-electron chi connectivity index (χ4n) is 2.65. The van der Waals surface area contributed by atoms with Gasteiger partial charge in [0.2, 0.25) is 10.0 Å². The molecule has 0 saturated heterocycles. The molecule has 1 aromatic rings. The van der Waals surface area contributed by atoms with Gasteiger partial charge in [0, 0.05) is 12.6 Å². The van der Waals surface area contributed by atoms with Crippen LogP contribution in [-0.4, -0.2) is 21.0 Å². The quantitative estimate of drug-likeness (QED) is 0.868. The van der Waals surface area contributed by atoms with Crippen LogP contribution in [0.5, 0.6) is 0 Å². The summed E-state index contributed by atoms with van der Waals surface area (Å²) in [6.45, 7) is 0.280. The SMILES string of the molecule is NCC(NS(=O)(=O)c1cccc(Cl)c1Cl)C1CCCC1. The Kier molecular flexibility index (Phi) is 5.31. The Balaban J connectivity index is 2.23. The van der Waals surface area contributed by atoms with Crippen molar-refractivity contribution >= 4 is 33.2 Å². The van der Waals surface area contributed by atoms with Crippen molar-refractivity contribution in [3.05, 3.63) is 28.2 Å². The molecular weight excluding hydrogens is 319 g/mol. The lowest BCUT2D eigenvalue weighted by Gasteiger charge is -2.23. The lowest BCUT2D eigenvalue weighted by molar-refractivity contribution is 0.405. The van der Waals surface area contributed by atoms with E-state index in [1.165, 1.54) is 6.07 Å². The van der Waals surface area contributed by atoms with Crippen LogP contribution in [0.4, 0.5) is 0 Å². The predicted molar refractivity (Wildman–Crippen MR) is 81.6 cm³/mol. The molecule has 1 aliphatic rings. The fraction of sp³-hybridized carbons (Fsp3) is 0.538. The second-order valence-corrected chi connectivity index (χ2v) is 7.53. The third kappa shape index (κ3) is 3.46. The molecule has 1 fully saturated rings. The first-order valence-corrected chi connectivity index (χ1v) is 8.86. The highest BCUT2D eigenvalue weighted by atomic mass is 35.5. The molecule has 3 N–H and O–H groups in total. The minimum atomic E-state index is -3.71. The summed E-state index contributed by atoms with van der Waals surface area (Å²) in [7, 11) is -3.71. The van der Waals surface area contributed by atoms with Crippen LogP contribution >= 0.6 is 23.2 Å². The number of hydrogen-bond acceptors (Lipinski definition) is 3. The number of halogens is 2. The Labute approximate surface area is 129 Å². The second kappa shape index (κ2) is 6.62. The van der Waals surface area contributed by atoms with Crippen molar-refractivity contribution in [3.8, 4) is 0 Å². The van der Waals surface area contributed by atoms with E-state index in [9.17, 15) is 8.42 Å². The molecule has 0 spiro atoms. The highest BCUT2D eigenvalue weighted by Gasteiger charge is 2.29. The Morgan fingerprint density at radius 2 is 1.95 bits per heavy atom. The van der Waals surface area contributed by atoms with Crippen LogP contribution in [0.2, 0.25) is 10.0 Å². The summed E-state index contributed by atoms with van der Waals surface area (Å²) in [5.41, 5.74) is 5.72. The lowest BCUT2D eigenvalue weighted by atomic mass is 9.99. The molecule has 7 heteroatoms. The van der Waals surface area contributed by atoms with Gasteiger partial charge in [-0.05, 0) is 30.9 Å². The summed E-state index contributed by atoms with van der Waals surface area (Å²) in [4.78, 5) is 0.00288. The van der Waals surface area contributed by atoms with Gasteiger partial charge in [0.25, 0.3) is 0 Å². The molecular formula is C13H18Cl2N2O2S. The molecule has 0 amide bonds. The van der Waals surface area contributed by atoms with Crippen LogP contribution in [-0.2, 0) is 10.0 Å². The Bertz CT molecular complexity index is 572. The van der Waals surface area contributed by atoms with Gasteiger partial charge in [-0.25, -0.2) is 13.1 Å². The van der Waals surface area contributed by atoms with Crippen LogP contribution in [0.3, 0.4) is 0 Å². The molecule has 2 rings (SSSR count). The highest BCUT2D eigenvalue weighted by molar-refractivity contribution is 7.89. The molecule has 112 valence electrons. The van der Waals surface area contributed by atoms with E-state index in [2.05, 4.69) is 4.72 Å². The first-order valence-electron chi connectivity index (χ1n) is 6.62. The first-order chi connectivity index (χ1) is 9.45. The standard InChI is InChI=1S/C13H18Cl2N2O2S/c14-10-6-3-7-12(13(10)15)20(18,19)17-11(8-16)9-4-1-2-5-9/h3,6-7,9,11,17H,1-2,4-5,8,16H2. The number of hydrogen-bond donors (Lipinski definition) is 2. The molecule has 0 bridgehead atoms. The largest absolute Gasteiger partial charge is 0.329 e.